The van der Waals surface area contributed by atoms with E-state index in [1.807, 2.05) is 29.0 Å². The van der Waals surface area contributed by atoms with Crippen LogP contribution in [-0.4, -0.2) is 194 Å². The number of esters is 1. The SMILES string of the molecule is C.C.C.C.C.C.C.C.C1COCCN1.COC(=O)c1sccc1N.Clc1nc(Cl)c2sccc2n1.Clc1nc(N2CCOCC2)c2sccc2n1.NC(N)=O.O=Cc1cc2nc(Cl)nc(N3CCOCC3)c2s1.O=c1[nH]c(=O)c2sccc2[nH]1.OCc1cc2nc(Cl)nc(N3CCOCC3)c2s1.[B].[H-].[Na+]. The number of nitrogens with one attached hydrogen (secondary N) is 3. The van der Waals surface area contributed by atoms with Gasteiger partial charge in [0.2, 0.25) is 21.1 Å². The summed E-state index contributed by atoms with van der Waals surface area (Å²) in [7, 11) is 1.33. The second kappa shape index (κ2) is 52.4. The average molecular weight is 1670 g/mol. The molecule has 4 aliphatic heterocycles. The molecule has 104 heavy (non-hydrogen) atoms. The maximum absolute atomic E-state index is 11.0. The number of aliphatic hydroxyl groups is 1. The number of morpholine rings is 4. The van der Waals surface area contributed by atoms with Gasteiger partial charge < -0.3 is 72.4 Å². The van der Waals surface area contributed by atoms with Crippen LogP contribution in [0.4, 0.5) is 27.9 Å². The summed E-state index contributed by atoms with van der Waals surface area (Å²) in [6.07, 6.45) is 0.823. The number of hydrogen-bond donors (Lipinski definition) is 7. The number of thiophene rings is 6. The van der Waals surface area contributed by atoms with E-state index in [9.17, 15) is 24.3 Å². The Kier molecular flexibility index (Phi) is 51.7. The molecule has 10 N–H and O–H groups in total. The number of anilines is 4. The minimum atomic E-state index is -0.833. The Labute approximate surface area is 680 Å². The van der Waals surface area contributed by atoms with E-state index in [1.165, 1.54) is 63.8 Å². The number of carbonyl (C=O) groups excluding carboxylic acids is 3. The van der Waals surface area contributed by atoms with Gasteiger partial charge in [-0.25, -0.2) is 39.3 Å². The van der Waals surface area contributed by atoms with E-state index in [-0.39, 0.29) is 133 Å². The second-order valence-electron chi connectivity index (χ2n) is 18.9. The number of fused-ring (bicyclic) bond motifs is 5. The molecule has 4 aliphatic rings. The molecule has 0 saturated carbocycles. The van der Waals surface area contributed by atoms with Gasteiger partial charge in [-0.1, -0.05) is 71.0 Å². The number of aldehydes is 1. The number of rotatable bonds is 6. The summed E-state index contributed by atoms with van der Waals surface area (Å²) in [5.74, 6) is 2.21. The molecule has 3 radical (unpaired) electrons. The van der Waals surface area contributed by atoms with Gasteiger partial charge in [0, 0.05) is 65.6 Å². The summed E-state index contributed by atoms with van der Waals surface area (Å²) in [5.41, 5.74) is 17.5. The van der Waals surface area contributed by atoms with E-state index >= 15 is 0 Å². The molecular weight excluding hydrogens is 1570 g/mol. The number of aromatic amines is 2. The van der Waals surface area contributed by atoms with E-state index in [2.05, 4.69) is 86.1 Å². The van der Waals surface area contributed by atoms with Gasteiger partial charge in [0.1, 0.15) is 9.58 Å². The number of hydrogen-bond acceptors (Lipinski definition) is 30. The Bertz CT molecular complexity index is 4410. The molecule has 0 aliphatic carbocycles. The van der Waals surface area contributed by atoms with Crippen molar-refractivity contribution in [2.24, 2.45) is 11.5 Å². The molecule has 0 unspecified atom stereocenters. The van der Waals surface area contributed by atoms with Crippen LogP contribution >= 0.6 is 126 Å². The summed E-state index contributed by atoms with van der Waals surface area (Å²) in [6.45, 7) is 13.0. The smallest absolute Gasteiger partial charge is 1.00 e. The average Bonchev–Trinajstić information content (AvgIpc) is 1.68. The molecule has 28 nitrogen and oxygen atoms in total. The Hall–Kier alpha value is -5.62. The number of nitrogens with zero attached hydrogens (tertiary/aromatic N) is 11. The van der Waals surface area contributed by atoms with E-state index in [0.717, 1.165) is 148 Å². The standard InChI is InChI=1S/C11H12ClN3O2S.C11H10ClN3O2S.C10H10ClN3OS.C6H2Cl2N2S.C6H4N2O2S.C6H7NO2S.C4H9NO.CH4N2O.8CH4.B.Na.H/c2*12-11-13-8-5-7(6-16)18-9(8)10(14-11)15-1-3-17-4-2-15;11-10-12-7-1-6-16-8(7)9(13-10)14-2-4-15-5-3-14;7-5-4-3(1-2-11-4)9-6(8)10-5;9-5-4-3(1-2-11-4)7-6(10)8-5;1-9-6(8)5-4(7)2-3-10-5;1-3-6-4-2-5-1;2-1(3)4;;;;;;;;;;;/h5,16H,1-4,6H2;5-6H,1-4H2;1,6H,2-5H2;1-2H;1-2H,(H2,7,8,9,10);2-3H,7H2,1H3;5H,1-4H2;(H4,2,3,4);8*1H4;;;/q;;;;;;;;;;;;;;;;;+1;-1. The molecule has 15 rings (SSSR count). The number of H-pyrrole nitrogens is 2. The van der Waals surface area contributed by atoms with Gasteiger partial charge in [-0.05, 0) is 104 Å². The Morgan fingerprint density at radius 2 is 0.971 bits per heavy atom. The van der Waals surface area contributed by atoms with Crippen LogP contribution in [0, 0.1) is 0 Å². The fraction of sp³-hybridized carbons (Fsp3) is 0.413. The number of urea groups is 1. The van der Waals surface area contributed by atoms with Crippen molar-refractivity contribution in [2.45, 2.75) is 66.0 Å². The summed E-state index contributed by atoms with van der Waals surface area (Å²) in [6, 6.07) is 9.98. The van der Waals surface area contributed by atoms with Gasteiger partial charge in [-0.2, -0.15) is 15.0 Å². The van der Waals surface area contributed by atoms with Crippen molar-refractivity contribution in [1.82, 2.24) is 55.2 Å². The first kappa shape index (κ1) is 103. The third-order valence-corrected chi connectivity index (χ3v) is 19.5. The summed E-state index contributed by atoms with van der Waals surface area (Å²) >= 11 is 37.8. The van der Waals surface area contributed by atoms with Crippen molar-refractivity contribution in [3.05, 3.63) is 120 Å². The third-order valence-electron chi connectivity index (χ3n) is 12.7. The molecule has 2 amide bonds. The van der Waals surface area contributed by atoms with Gasteiger partial charge in [0.25, 0.3) is 5.56 Å². The number of carbonyl (C=O) groups is 3. The first-order valence-corrected chi connectivity index (χ1v) is 34.9. The van der Waals surface area contributed by atoms with Crippen molar-refractivity contribution in [2.75, 3.05) is 133 Å². The fourth-order valence-corrected chi connectivity index (χ4v) is 14.5. The van der Waals surface area contributed by atoms with E-state index < -0.39 is 11.7 Å². The second-order valence-corrected chi connectivity index (χ2v) is 26.5. The molecule has 569 valence electrons. The van der Waals surface area contributed by atoms with Crippen LogP contribution in [0.5, 0.6) is 0 Å². The third kappa shape index (κ3) is 30.2. The number of aliphatic hydroxyl groups excluding tert-OH is 1. The maximum atomic E-state index is 11.0. The van der Waals surface area contributed by atoms with Crippen molar-refractivity contribution in [1.29, 1.82) is 0 Å². The van der Waals surface area contributed by atoms with Gasteiger partial charge >= 0.3 is 47.2 Å². The fourth-order valence-electron chi connectivity index (χ4n) is 8.56. The quantitative estimate of drug-likeness (QED) is 0.0267. The molecule has 15 heterocycles. The minimum absolute atomic E-state index is 0. The normalized spacial score (nSPS) is 13.0. The van der Waals surface area contributed by atoms with E-state index in [4.69, 9.17) is 87.5 Å². The molecule has 4 fully saturated rings. The van der Waals surface area contributed by atoms with Gasteiger partial charge in [0.05, 0.1) is 124 Å². The Morgan fingerprint density at radius 1 is 0.567 bits per heavy atom. The molecule has 41 heteroatoms. The molecular formula is C63H91BCl5N17NaO11S6. The Balaban J connectivity index is -0.000000562. The predicted molar refractivity (Wildman–Crippen MR) is 436 cm³/mol. The largest absolute Gasteiger partial charge is 1.00 e. The number of aromatic nitrogens is 10. The summed E-state index contributed by atoms with van der Waals surface area (Å²) in [4.78, 5) is 98.7. The zero-order valence-electron chi connectivity index (χ0n) is 52.0. The number of ether oxygens (including phenoxy) is 5. The molecule has 0 spiro atoms. The van der Waals surface area contributed by atoms with Crippen LogP contribution in [0.1, 0.15) is 85.1 Å². The molecule has 0 atom stereocenters. The van der Waals surface area contributed by atoms with Crippen molar-refractivity contribution in [3.8, 4) is 0 Å². The van der Waals surface area contributed by atoms with E-state index in [0.29, 0.717) is 62.5 Å². The van der Waals surface area contributed by atoms with Crippen LogP contribution in [0.3, 0.4) is 0 Å². The summed E-state index contributed by atoms with van der Waals surface area (Å²) < 4.78 is 29.9. The maximum Gasteiger partial charge on any atom is 1.00 e. The predicted octanol–water partition coefficient (Wildman–Crippen LogP) is 10.7. The van der Waals surface area contributed by atoms with Crippen molar-refractivity contribution in [3.63, 3.8) is 0 Å². The van der Waals surface area contributed by atoms with Crippen LogP contribution < -0.4 is 78.0 Å². The molecule has 0 bridgehead atoms. The molecule has 4 saturated heterocycles. The number of halogens is 5. The Morgan fingerprint density at radius 3 is 1.40 bits per heavy atom. The van der Waals surface area contributed by atoms with Crippen LogP contribution in [-0.2, 0) is 30.3 Å². The zero-order chi connectivity index (χ0) is 67.1. The van der Waals surface area contributed by atoms with Crippen LogP contribution in [0.2, 0.25) is 26.3 Å². The van der Waals surface area contributed by atoms with Crippen molar-refractivity contribution < 1.29 is 74.2 Å². The van der Waals surface area contributed by atoms with Gasteiger partial charge in [-0.15, -0.1) is 68.0 Å². The topological polar surface area (TPSA) is 386 Å². The minimum Gasteiger partial charge on any atom is -1.00 e. The number of primary amides is 2. The van der Waals surface area contributed by atoms with Crippen molar-refractivity contribution >= 4 is 227 Å². The number of nitrogens with two attached hydrogens (primary N) is 3. The molecule has 0 aromatic carbocycles. The van der Waals surface area contributed by atoms with Crippen LogP contribution in [0.15, 0.2) is 67.5 Å². The first-order chi connectivity index (χ1) is 45.4. The number of methoxy groups -OCH3 is 1. The van der Waals surface area contributed by atoms with Gasteiger partial charge in [0.15, 0.2) is 28.9 Å². The van der Waals surface area contributed by atoms with Gasteiger partial charge in [-0.3, -0.25) is 14.6 Å². The number of nitrogen functional groups attached to an aromatic ring is 1. The molecule has 11 aromatic heterocycles. The first-order valence-electron chi connectivity index (χ1n) is 27.8. The molecule has 11 aromatic rings. The van der Waals surface area contributed by atoms with E-state index in [1.54, 1.807) is 40.3 Å². The summed E-state index contributed by atoms with van der Waals surface area (Å²) in [5, 5.41) is 21.2. The monoisotopic (exact) mass is 1660 g/mol. The zero-order valence-corrected chi connectivity index (χ0v) is 61.6. The van der Waals surface area contributed by atoms with Crippen LogP contribution in [0.25, 0.3) is 51.1 Å². The number of amides is 2.